The topological polar surface area (TPSA) is 124 Å². The Labute approximate surface area is 203 Å². The predicted molar refractivity (Wildman–Crippen MR) is 130 cm³/mol. The van der Waals surface area contributed by atoms with Crippen LogP contribution >= 0.6 is 0 Å². The van der Waals surface area contributed by atoms with E-state index in [9.17, 15) is 4.79 Å². The highest BCUT2D eigenvalue weighted by Crippen LogP contribution is 2.50. The van der Waals surface area contributed by atoms with Crippen LogP contribution in [0.5, 0.6) is 0 Å². The van der Waals surface area contributed by atoms with Crippen LogP contribution in [0.3, 0.4) is 0 Å². The Morgan fingerprint density at radius 3 is 2.51 bits per heavy atom. The van der Waals surface area contributed by atoms with Gasteiger partial charge in [-0.1, -0.05) is 29.4 Å². The molecule has 0 radical (unpaired) electrons. The van der Waals surface area contributed by atoms with Crippen LogP contribution in [0.1, 0.15) is 38.1 Å². The normalized spacial score (nSPS) is 14.9. The van der Waals surface area contributed by atoms with Crippen molar-refractivity contribution in [3.63, 3.8) is 0 Å². The second kappa shape index (κ2) is 9.28. The number of likely N-dealkylation sites (N-methyl/N-ethyl adjacent to an activating group) is 1. The van der Waals surface area contributed by atoms with Crippen molar-refractivity contribution in [1.29, 1.82) is 0 Å². The van der Waals surface area contributed by atoms with Crippen molar-refractivity contribution in [3.8, 4) is 22.6 Å². The van der Waals surface area contributed by atoms with Crippen molar-refractivity contribution in [3.05, 3.63) is 60.4 Å². The molecule has 10 nitrogen and oxygen atoms in total. The van der Waals surface area contributed by atoms with Crippen LogP contribution in [-0.2, 0) is 16.8 Å². The number of anilines is 1. The lowest BCUT2D eigenvalue weighted by atomic mass is 9.77. The predicted octanol–water partition coefficient (Wildman–Crippen LogP) is 3.28. The Morgan fingerprint density at radius 2 is 1.86 bits per heavy atom. The molecule has 1 aromatic carbocycles. The number of hydrogen-bond acceptors (Lipinski definition) is 8. The smallest absolute Gasteiger partial charge is 0.261 e. The SMILES string of the molecule is CCNc1ncc(-c2ccc(C(C)(c3noc(-c4cnn(CC(=O)NC)c4)n3)C3CC3)cc2)cn1. The number of nitrogens with zero attached hydrogens (tertiary/aromatic N) is 6. The van der Waals surface area contributed by atoms with Crippen molar-refractivity contribution in [1.82, 2.24) is 35.2 Å². The zero-order valence-electron chi connectivity index (χ0n) is 20.0. The van der Waals surface area contributed by atoms with E-state index < -0.39 is 0 Å². The van der Waals surface area contributed by atoms with Crippen LogP contribution in [0.2, 0.25) is 0 Å². The largest absolute Gasteiger partial charge is 0.358 e. The highest BCUT2D eigenvalue weighted by Gasteiger charge is 2.47. The van der Waals surface area contributed by atoms with E-state index in [0.29, 0.717) is 29.1 Å². The fourth-order valence-electron chi connectivity index (χ4n) is 4.28. The maximum absolute atomic E-state index is 11.6. The maximum atomic E-state index is 11.6. The van der Waals surface area contributed by atoms with Crippen molar-refractivity contribution >= 4 is 11.9 Å². The standard InChI is InChI=1S/C25H28N8O2/c1-4-27-24-28-11-17(12-29-24)16-5-7-19(8-6-16)25(2,20-9-10-20)23-31-22(35-32-23)18-13-30-33(14-18)15-21(34)26-3/h5-8,11-14,20H,4,9-10,15H2,1-3H3,(H,26,34)(H,27,28,29). The van der Waals surface area contributed by atoms with Gasteiger partial charge >= 0.3 is 0 Å². The van der Waals surface area contributed by atoms with E-state index >= 15 is 0 Å². The number of carbonyl (C=O) groups is 1. The number of carbonyl (C=O) groups excluding carboxylic acids is 1. The summed E-state index contributed by atoms with van der Waals surface area (Å²) in [5, 5.41) is 14.3. The Hall–Kier alpha value is -4.08. The summed E-state index contributed by atoms with van der Waals surface area (Å²) in [5.41, 5.74) is 3.46. The molecule has 3 aromatic heterocycles. The van der Waals surface area contributed by atoms with Crippen LogP contribution in [0.4, 0.5) is 5.95 Å². The van der Waals surface area contributed by atoms with Gasteiger partial charge in [0.15, 0.2) is 5.82 Å². The molecule has 0 bridgehead atoms. The molecule has 1 fully saturated rings. The molecule has 1 amide bonds. The lowest BCUT2D eigenvalue weighted by Gasteiger charge is -2.27. The second-order valence-electron chi connectivity index (χ2n) is 8.90. The molecule has 35 heavy (non-hydrogen) atoms. The van der Waals surface area contributed by atoms with Crippen molar-refractivity contribution < 1.29 is 9.32 Å². The number of amides is 1. The van der Waals surface area contributed by atoms with E-state index in [1.54, 1.807) is 24.1 Å². The quantitative estimate of drug-likeness (QED) is 0.380. The fourth-order valence-corrected chi connectivity index (χ4v) is 4.28. The third-order valence-corrected chi connectivity index (χ3v) is 6.55. The van der Waals surface area contributed by atoms with Gasteiger partial charge in [0, 0.05) is 37.7 Å². The molecule has 1 atom stereocenters. The highest BCUT2D eigenvalue weighted by atomic mass is 16.5. The molecule has 180 valence electrons. The van der Waals surface area contributed by atoms with Gasteiger partial charge in [0.2, 0.25) is 11.9 Å². The third kappa shape index (κ3) is 4.51. The molecule has 1 aliphatic rings. The molecule has 10 heteroatoms. The minimum atomic E-state index is -0.371. The van der Waals surface area contributed by atoms with E-state index in [0.717, 1.165) is 36.1 Å². The van der Waals surface area contributed by atoms with Gasteiger partial charge in [0.25, 0.3) is 5.89 Å². The van der Waals surface area contributed by atoms with Gasteiger partial charge in [-0.25, -0.2) is 9.97 Å². The fraction of sp³-hybridized carbons (Fsp3) is 0.360. The summed E-state index contributed by atoms with van der Waals surface area (Å²) in [6.07, 6.45) is 9.26. The summed E-state index contributed by atoms with van der Waals surface area (Å²) in [5.74, 6) is 1.99. The lowest BCUT2D eigenvalue weighted by Crippen LogP contribution is -2.28. The number of aromatic nitrogens is 6. The Kier molecular flexibility index (Phi) is 6.02. The summed E-state index contributed by atoms with van der Waals surface area (Å²) in [6.45, 7) is 5.11. The van der Waals surface area contributed by atoms with E-state index in [1.807, 2.05) is 19.3 Å². The van der Waals surface area contributed by atoms with Crippen molar-refractivity contribution in [2.45, 2.75) is 38.6 Å². The van der Waals surface area contributed by atoms with Gasteiger partial charge in [0.1, 0.15) is 6.54 Å². The first kappa shape index (κ1) is 22.7. The molecule has 0 spiro atoms. The molecule has 1 unspecified atom stereocenters. The monoisotopic (exact) mass is 472 g/mol. The summed E-state index contributed by atoms with van der Waals surface area (Å²) < 4.78 is 7.17. The summed E-state index contributed by atoms with van der Waals surface area (Å²) >= 11 is 0. The number of nitrogens with one attached hydrogen (secondary N) is 2. The van der Waals surface area contributed by atoms with Gasteiger partial charge in [-0.05, 0) is 43.7 Å². The minimum Gasteiger partial charge on any atom is -0.358 e. The summed E-state index contributed by atoms with van der Waals surface area (Å²) in [4.78, 5) is 25.1. The molecule has 3 heterocycles. The van der Waals surface area contributed by atoms with Crippen LogP contribution in [0, 0.1) is 5.92 Å². The molecule has 4 aromatic rings. The molecule has 1 saturated carbocycles. The molecule has 1 aliphatic carbocycles. The van der Waals surface area contributed by atoms with E-state index in [2.05, 4.69) is 62.0 Å². The minimum absolute atomic E-state index is 0.129. The molecule has 5 rings (SSSR count). The first-order valence-corrected chi connectivity index (χ1v) is 11.8. The van der Waals surface area contributed by atoms with E-state index in [-0.39, 0.29) is 17.9 Å². The van der Waals surface area contributed by atoms with Gasteiger partial charge in [-0.2, -0.15) is 10.1 Å². The Morgan fingerprint density at radius 1 is 1.11 bits per heavy atom. The number of rotatable bonds is 9. The molecule has 0 saturated heterocycles. The lowest BCUT2D eigenvalue weighted by molar-refractivity contribution is -0.121. The average molecular weight is 473 g/mol. The first-order chi connectivity index (χ1) is 17.0. The summed E-state index contributed by atoms with van der Waals surface area (Å²) in [6, 6.07) is 8.43. The molecular formula is C25H28N8O2. The van der Waals surface area contributed by atoms with Gasteiger partial charge in [-0.15, -0.1) is 0 Å². The van der Waals surface area contributed by atoms with Gasteiger partial charge in [0.05, 0.1) is 17.2 Å². The number of hydrogen-bond donors (Lipinski definition) is 2. The molecular weight excluding hydrogens is 444 g/mol. The van der Waals surface area contributed by atoms with Crippen LogP contribution in [0.25, 0.3) is 22.6 Å². The maximum Gasteiger partial charge on any atom is 0.261 e. The first-order valence-electron chi connectivity index (χ1n) is 11.8. The highest BCUT2D eigenvalue weighted by molar-refractivity contribution is 5.75. The van der Waals surface area contributed by atoms with Crippen LogP contribution in [-0.4, -0.2) is 49.4 Å². The Bertz CT molecular complexity index is 1310. The summed E-state index contributed by atoms with van der Waals surface area (Å²) in [7, 11) is 1.59. The number of benzene rings is 1. The van der Waals surface area contributed by atoms with E-state index in [4.69, 9.17) is 9.51 Å². The van der Waals surface area contributed by atoms with Crippen molar-refractivity contribution in [2.75, 3.05) is 18.9 Å². The molecule has 0 aliphatic heterocycles. The van der Waals surface area contributed by atoms with E-state index in [1.165, 1.54) is 0 Å². The average Bonchev–Trinajstić information content (AvgIpc) is 3.45. The van der Waals surface area contributed by atoms with Crippen molar-refractivity contribution in [2.24, 2.45) is 5.92 Å². The zero-order valence-corrected chi connectivity index (χ0v) is 20.0. The van der Waals surface area contributed by atoms with Gasteiger partial charge < -0.3 is 15.2 Å². The zero-order chi connectivity index (χ0) is 24.4. The van der Waals surface area contributed by atoms with Gasteiger partial charge in [-0.3, -0.25) is 9.48 Å². The van der Waals surface area contributed by atoms with Crippen LogP contribution in [0.15, 0.2) is 53.6 Å². The third-order valence-electron chi connectivity index (χ3n) is 6.55. The second-order valence-corrected chi connectivity index (χ2v) is 8.90. The molecule has 2 N–H and O–H groups in total. The Balaban J connectivity index is 1.39. The van der Waals surface area contributed by atoms with Crippen LogP contribution < -0.4 is 10.6 Å².